The summed E-state index contributed by atoms with van der Waals surface area (Å²) in [7, 11) is 0. The molecule has 0 saturated carbocycles. The van der Waals surface area contributed by atoms with Crippen molar-refractivity contribution < 1.29 is 22.4 Å². The molecule has 0 bridgehead atoms. The van der Waals surface area contributed by atoms with Crippen LogP contribution in [0.3, 0.4) is 0 Å². The van der Waals surface area contributed by atoms with Gasteiger partial charge < -0.3 is 5.73 Å². The van der Waals surface area contributed by atoms with Crippen LogP contribution in [0.5, 0.6) is 0 Å². The van der Waals surface area contributed by atoms with Crippen molar-refractivity contribution in [2.45, 2.75) is 0 Å². The van der Waals surface area contributed by atoms with Crippen LogP contribution in [0.1, 0.15) is 0 Å². The SMILES string of the molecule is Nc1ncn[nH]1.[Ag+]. The number of hydrogen-bond donors (Lipinski definition) is 2. The first-order valence-electron chi connectivity index (χ1n) is 1.50. The summed E-state index contributed by atoms with van der Waals surface area (Å²) in [5.41, 5.74) is 5.05. The van der Waals surface area contributed by atoms with Crippen LogP contribution in [-0.2, 0) is 22.4 Å². The van der Waals surface area contributed by atoms with Gasteiger partial charge in [0, 0.05) is 0 Å². The van der Waals surface area contributed by atoms with Crippen LogP contribution in [-0.4, -0.2) is 15.2 Å². The van der Waals surface area contributed by atoms with E-state index < -0.39 is 0 Å². The third kappa shape index (κ3) is 1.72. The molecule has 0 saturated heterocycles. The zero-order chi connectivity index (χ0) is 4.41. The minimum Gasteiger partial charge on any atom is -0.368 e. The molecule has 0 spiro atoms. The first-order valence-corrected chi connectivity index (χ1v) is 1.50. The zero-order valence-electron chi connectivity index (χ0n) is 3.35. The van der Waals surface area contributed by atoms with E-state index in [9.17, 15) is 0 Å². The minimum absolute atomic E-state index is 0. The number of nitrogens with one attached hydrogen (secondary N) is 1. The zero-order valence-corrected chi connectivity index (χ0v) is 4.83. The van der Waals surface area contributed by atoms with Gasteiger partial charge in [-0.2, -0.15) is 5.10 Å². The van der Waals surface area contributed by atoms with Crippen LogP contribution < -0.4 is 5.73 Å². The van der Waals surface area contributed by atoms with E-state index in [0.717, 1.165) is 0 Å². The molecule has 0 unspecified atom stereocenters. The molecule has 4 nitrogen and oxygen atoms in total. The van der Waals surface area contributed by atoms with Crippen LogP contribution in [0.25, 0.3) is 0 Å². The molecule has 5 heteroatoms. The molecule has 0 aromatic carbocycles. The first-order chi connectivity index (χ1) is 2.89. The van der Waals surface area contributed by atoms with Gasteiger partial charge >= 0.3 is 22.4 Å². The fourth-order valence-electron chi connectivity index (χ4n) is 0.215. The molecular formula is C2H4AgN4+. The summed E-state index contributed by atoms with van der Waals surface area (Å²) in [6.07, 6.45) is 1.36. The van der Waals surface area contributed by atoms with Crippen LogP contribution in [0, 0.1) is 0 Å². The predicted molar refractivity (Wildman–Crippen MR) is 20.8 cm³/mol. The standard InChI is InChI=1S/C2H4N4.Ag/c3-2-4-1-5-6-2;/h1H,(H3,3,4,5,6);/q;+1. The molecule has 0 atom stereocenters. The summed E-state index contributed by atoms with van der Waals surface area (Å²) in [6.45, 7) is 0. The predicted octanol–water partition coefficient (Wildman–Crippen LogP) is -0.616. The topological polar surface area (TPSA) is 67.6 Å². The summed E-state index contributed by atoms with van der Waals surface area (Å²) >= 11 is 0. The van der Waals surface area contributed by atoms with Crippen molar-refractivity contribution >= 4 is 5.95 Å². The van der Waals surface area contributed by atoms with Crippen molar-refractivity contribution in [2.24, 2.45) is 0 Å². The Hall–Kier alpha value is -0.320. The smallest absolute Gasteiger partial charge is 0.368 e. The molecule has 0 amide bonds. The molecule has 1 rings (SSSR count). The van der Waals surface area contributed by atoms with E-state index in [4.69, 9.17) is 5.73 Å². The fourth-order valence-corrected chi connectivity index (χ4v) is 0.215. The Bertz CT molecular complexity index is 113. The minimum atomic E-state index is 0. The quantitative estimate of drug-likeness (QED) is 0.538. The number of anilines is 1. The molecule has 0 radical (unpaired) electrons. The largest absolute Gasteiger partial charge is 1.00 e. The summed E-state index contributed by atoms with van der Waals surface area (Å²) in [6, 6.07) is 0. The molecule has 3 N–H and O–H groups in total. The number of nitrogen functional groups attached to an aromatic ring is 1. The van der Waals surface area contributed by atoms with Crippen LogP contribution >= 0.6 is 0 Å². The monoisotopic (exact) mass is 191 g/mol. The number of aromatic nitrogens is 3. The van der Waals surface area contributed by atoms with Gasteiger partial charge in [0.15, 0.2) is 0 Å². The maximum absolute atomic E-state index is 5.05. The summed E-state index contributed by atoms with van der Waals surface area (Å²) < 4.78 is 0. The van der Waals surface area contributed by atoms with Crippen molar-refractivity contribution in [1.82, 2.24) is 15.2 Å². The average molecular weight is 192 g/mol. The van der Waals surface area contributed by atoms with Crippen molar-refractivity contribution in [3.63, 3.8) is 0 Å². The first kappa shape index (κ1) is 6.68. The summed E-state index contributed by atoms with van der Waals surface area (Å²) in [5.74, 6) is 0.356. The molecule has 1 aromatic heterocycles. The number of nitrogens with two attached hydrogens (primary N) is 1. The Balaban J connectivity index is 0.000000360. The maximum Gasteiger partial charge on any atom is 1.00 e. The van der Waals surface area contributed by atoms with E-state index in [1.807, 2.05) is 0 Å². The molecule has 0 aliphatic heterocycles. The van der Waals surface area contributed by atoms with Crippen molar-refractivity contribution in [2.75, 3.05) is 5.73 Å². The average Bonchev–Trinajstić information content (AvgIpc) is 1.86. The molecule has 42 valence electrons. The van der Waals surface area contributed by atoms with E-state index >= 15 is 0 Å². The third-order valence-corrected chi connectivity index (χ3v) is 0.434. The van der Waals surface area contributed by atoms with Gasteiger partial charge in [0.25, 0.3) is 0 Å². The molecule has 0 aliphatic carbocycles. The van der Waals surface area contributed by atoms with Gasteiger partial charge in [0.05, 0.1) is 0 Å². The Labute approximate surface area is 56.0 Å². The van der Waals surface area contributed by atoms with Gasteiger partial charge in [0.2, 0.25) is 5.95 Å². The van der Waals surface area contributed by atoms with Gasteiger partial charge in [-0.25, -0.2) is 10.1 Å². The number of rotatable bonds is 0. The second-order valence-corrected chi connectivity index (χ2v) is 0.871. The molecule has 1 heterocycles. The second-order valence-electron chi connectivity index (χ2n) is 0.871. The summed E-state index contributed by atoms with van der Waals surface area (Å²) in [4.78, 5) is 3.53. The van der Waals surface area contributed by atoms with Gasteiger partial charge in [0.1, 0.15) is 6.33 Å². The van der Waals surface area contributed by atoms with E-state index in [-0.39, 0.29) is 22.4 Å². The molecule has 1 aromatic rings. The van der Waals surface area contributed by atoms with E-state index in [1.165, 1.54) is 6.33 Å². The number of hydrogen-bond acceptors (Lipinski definition) is 3. The van der Waals surface area contributed by atoms with Gasteiger partial charge in [-0.3, -0.25) is 0 Å². The molecule has 0 aliphatic rings. The van der Waals surface area contributed by atoms with Crippen LogP contribution in [0.15, 0.2) is 6.33 Å². The Morgan fingerprint density at radius 3 is 2.57 bits per heavy atom. The number of aromatic amines is 1. The van der Waals surface area contributed by atoms with Gasteiger partial charge in [-0.1, -0.05) is 0 Å². The van der Waals surface area contributed by atoms with Crippen molar-refractivity contribution in [3.8, 4) is 0 Å². The van der Waals surface area contributed by atoms with Crippen molar-refractivity contribution in [1.29, 1.82) is 0 Å². The Morgan fingerprint density at radius 1 is 1.71 bits per heavy atom. The van der Waals surface area contributed by atoms with E-state index in [1.54, 1.807) is 0 Å². The fraction of sp³-hybridized carbons (Fsp3) is 0. The molecule has 7 heavy (non-hydrogen) atoms. The Morgan fingerprint density at radius 2 is 2.43 bits per heavy atom. The van der Waals surface area contributed by atoms with Crippen LogP contribution in [0.2, 0.25) is 0 Å². The normalized spacial score (nSPS) is 7.43. The number of H-pyrrole nitrogens is 1. The van der Waals surface area contributed by atoms with Gasteiger partial charge in [-0.05, 0) is 0 Å². The molecule has 0 fully saturated rings. The van der Waals surface area contributed by atoms with E-state index in [2.05, 4.69) is 15.2 Å². The molecular weight excluding hydrogens is 188 g/mol. The third-order valence-electron chi connectivity index (χ3n) is 0.434. The second kappa shape index (κ2) is 2.79. The van der Waals surface area contributed by atoms with Gasteiger partial charge in [-0.15, -0.1) is 0 Å². The number of nitrogens with zero attached hydrogens (tertiary/aromatic N) is 2. The van der Waals surface area contributed by atoms with Crippen molar-refractivity contribution in [3.05, 3.63) is 6.33 Å². The Kier molecular flexibility index (Phi) is 2.66. The van der Waals surface area contributed by atoms with Crippen LogP contribution in [0.4, 0.5) is 5.95 Å². The maximum atomic E-state index is 5.05. The summed E-state index contributed by atoms with van der Waals surface area (Å²) in [5, 5.41) is 5.88. The van der Waals surface area contributed by atoms with E-state index in [0.29, 0.717) is 5.95 Å².